The van der Waals surface area contributed by atoms with Crippen molar-refractivity contribution in [2.75, 3.05) is 13.2 Å². The van der Waals surface area contributed by atoms with Crippen LogP contribution in [0.15, 0.2) is 42.5 Å². The molecule has 1 saturated carbocycles. The first-order valence-electron chi connectivity index (χ1n) is 13.5. The summed E-state index contributed by atoms with van der Waals surface area (Å²) in [5, 5.41) is 3.16. The van der Waals surface area contributed by atoms with Crippen LogP contribution in [0.3, 0.4) is 0 Å². The van der Waals surface area contributed by atoms with Crippen LogP contribution in [-0.2, 0) is 17.8 Å². The van der Waals surface area contributed by atoms with Crippen LogP contribution in [0.1, 0.15) is 74.7 Å². The van der Waals surface area contributed by atoms with Crippen molar-refractivity contribution < 1.29 is 9.53 Å². The maximum absolute atomic E-state index is 12.3. The highest BCUT2D eigenvalue weighted by Crippen LogP contribution is 2.24. The lowest BCUT2D eigenvalue weighted by Gasteiger charge is -2.20. The highest BCUT2D eigenvalue weighted by atomic mass is 16.5. The molecular formula is C30H41N3O2. The van der Waals surface area contributed by atoms with E-state index in [2.05, 4.69) is 66.2 Å². The molecule has 2 aromatic carbocycles. The molecule has 5 nitrogen and oxygen atoms in total. The van der Waals surface area contributed by atoms with Crippen LogP contribution in [0.4, 0.5) is 0 Å². The maximum atomic E-state index is 12.3. The van der Waals surface area contributed by atoms with Gasteiger partial charge >= 0.3 is 0 Å². The fraction of sp³-hybridized carbons (Fsp3) is 0.533. The number of aromatic nitrogens is 2. The number of nitrogens with one attached hydrogen (secondary N) is 1. The quantitative estimate of drug-likeness (QED) is 0.303. The summed E-state index contributed by atoms with van der Waals surface area (Å²) in [6, 6.07) is 14.8. The minimum absolute atomic E-state index is 0.252. The zero-order valence-corrected chi connectivity index (χ0v) is 21.5. The van der Waals surface area contributed by atoms with Crippen LogP contribution in [0.5, 0.6) is 5.75 Å². The first-order chi connectivity index (χ1) is 17.1. The summed E-state index contributed by atoms with van der Waals surface area (Å²) in [7, 11) is 0. The first kappa shape index (κ1) is 25.3. The number of ether oxygens (including phenoxy) is 1. The molecule has 35 heavy (non-hydrogen) atoms. The molecule has 0 saturated heterocycles. The van der Waals surface area contributed by atoms with Gasteiger partial charge in [0.1, 0.15) is 11.6 Å². The van der Waals surface area contributed by atoms with Crippen molar-refractivity contribution in [2.24, 2.45) is 5.92 Å². The number of nitrogens with zero attached hydrogens (tertiary/aromatic N) is 2. The van der Waals surface area contributed by atoms with Crippen LogP contribution in [0.25, 0.3) is 11.0 Å². The van der Waals surface area contributed by atoms with Gasteiger partial charge in [0.15, 0.2) is 0 Å². The predicted octanol–water partition coefficient (Wildman–Crippen LogP) is 6.53. The summed E-state index contributed by atoms with van der Waals surface area (Å²) in [5.74, 6) is 2.63. The van der Waals surface area contributed by atoms with Crippen molar-refractivity contribution >= 4 is 16.9 Å². The lowest BCUT2D eigenvalue weighted by atomic mass is 9.89. The zero-order chi connectivity index (χ0) is 24.5. The van der Waals surface area contributed by atoms with E-state index in [1.165, 1.54) is 35.9 Å². The summed E-state index contributed by atoms with van der Waals surface area (Å²) >= 11 is 0. The van der Waals surface area contributed by atoms with Gasteiger partial charge in [-0.2, -0.15) is 0 Å². The number of amides is 1. The van der Waals surface area contributed by atoms with Crippen molar-refractivity contribution in [3.8, 4) is 5.75 Å². The van der Waals surface area contributed by atoms with Gasteiger partial charge in [-0.05, 0) is 81.3 Å². The van der Waals surface area contributed by atoms with Gasteiger partial charge in [0, 0.05) is 25.4 Å². The second-order valence-corrected chi connectivity index (χ2v) is 10.1. The van der Waals surface area contributed by atoms with Crippen molar-refractivity contribution in [3.63, 3.8) is 0 Å². The Bertz CT molecular complexity index is 1080. The predicted molar refractivity (Wildman–Crippen MR) is 143 cm³/mol. The molecule has 0 unspecified atom stereocenters. The van der Waals surface area contributed by atoms with E-state index in [9.17, 15) is 4.79 Å². The fourth-order valence-electron chi connectivity index (χ4n) is 5.30. The van der Waals surface area contributed by atoms with Crippen molar-refractivity contribution in [2.45, 2.75) is 84.6 Å². The van der Waals surface area contributed by atoms with Crippen molar-refractivity contribution in [3.05, 3.63) is 59.4 Å². The Morgan fingerprint density at radius 2 is 1.77 bits per heavy atom. The smallest absolute Gasteiger partial charge is 0.223 e. The van der Waals surface area contributed by atoms with E-state index in [4.69, 9.17) is 9.72 Å². The number of aryl methyl sites for hydroxylation is 4. The van der Waals surface area contributed by atoms with Crippen molar-refractivity contribution in [1.82, 2.24) is 14.9 Å². The summed E-state index contributed by atoms with van der Waals surface area (Å²) in [6.07, 6.45) is 10.9. The topological polar surface area (TPSA) is 56.1 Å². The molecule has 3 aromatic rings. The number of fused-ring (bicyclic) bond motifs is 1. The van der Waals surface area contributed by atoms with Gasteiger partial charge in [-0.25, -0.2) is 4.98 Å². The Morgan fingerprint density at radius 1 is 1.00 bits per heavy atom. The lowest BCUT2D eigenvalue weighted by molar-refractivity contribution is -0.125. The molecule has 1 fully saturated rings. The Balaban J connectivity index is 1.23. The van der Waals surface area contributed by atoms with E-state index in [1.54, 1.807) is 0 Å². The number of carbonyl (C=O) groups is 1. The first-order valence-corrected chi connectivity index (χ1v) is 13.5. The van der Waals surface area contributed by atoms with Crippen LogP contribution in [-0.4, -0.2) is 28.6 Å². The largest absolute Gasteiger partial charge is 0.494 e. The highest BCUT2D eigenvalue weighted by molar-refractivity contribution is 5.78. The van der Waals surface area contributed by atoms with Gasteiger partial charge in [-0.3, -0.25) is 4.79 Å². The van der Waals surface area contributed by atoms with E-state index in [0.717, 1.165) is 75.1 Å². The SMILES string of the molecule is Cc1cc(C)cc(OCCCn2c(CCCCCNC(=O)C3CCCCC3)nc3ccccc32)c1. The molecule has 1 aliphatic rings. The van der Waals surface area contributed by atoms with E-state index in [0.29, 0.717) is 6.61 Å². The molecule has 0 atom stereocenters. The molecule has 1 heterocycles. The second-order valence-electron chi connectivity index (χ2n) is 10.1. The number of hydrogen-bond donors (Lipinski definition) is 1. The minimum Gasteiger partial charge on any atom is -0.494 e. The third kappa shape index (κ3) is 7.33. The molecule has 0 radical (unpaired) electrons. The highest BCUT2D eigenvalue weighted by Gasteiger charge is 2.20. The number of para-hydroxylation sites is 2. The van der Waals surface area contributed by atoms with Crippen LogP contribution in [0.2, 0.25) is 0 Å². The molecule has 1 N–H and O–H groups in total. The summed E-state index contributed by atoms with van der Waals surface area (Å²) in [4.78, 5) is 17.2. The zero-order valence-electron chi connectivity index (χ0n) is 21.5. The number of benzene rings is 2. The van der Waals surface area contributed by atoms with Gasteiger partial charge in [-0.1, -0.05) is 43.9 Å². The molecule has 0 bridgehead atoms. The second kappa shape index (κ2) is 12.8. The Labute approximate surface area is 210 Å². The summed E-state index contributed by atoms with van der Waals surface area (Å²) in [6.45, 7) is 6.60. The average molecular weight is 476 g/mol. The fourth-order valence-corrected chi connectivity index (χ4v) is 5.30. The summed E-state index contributed by atoms with van der Waals surface area (Å²) < 4.78 is 8.40. The Morgan fingerprint density at radius 3 is 2.57 bits per heavy atom. The maximum Gasteiger partial charge on any atom is 0.223 e. The molecule has 0 spiro atoms. The van der Waals surface area contributed by atoms with Crippen LogP contribution < -0.4 is 10.1 Å². The third-order valence-electron chi connectivity index (χ3n) is 7.08. The van der Waals surface area contributed by atoms with Gasteiger partial charge in [0.2, 0.25) is 5.91 Å². The number of imidazole rings is 1. The van der Waals surface area contributed by atoms with E-state index < -0.39 is 0 Å². The number of rotatable bonds is 12. The van der Waals surface area contributed by atoms with Gasteiger partial charge in [0.25, 0.3) is 0 Å². The van der Waals surface area contributed by atoms with Gasteiger partial charge < -0.3 is 14.6 Å². The molecule has 4 rings (SSSR count). The Hall–Kier alpha value is -2.82. The van der Waals surface area contributed by atoms with Crippen molar-refractivity contribution in [1.29, 1.82) is 0 Å². The number of hydrogen-bond acceptors (Lipinski definition) is 3. The molecule has 188 valence electrons. The monoisotopic (exact) mass is 475 g/mol. The molecule has 1 amide bonds. The average Bonchev–Trinajstić information content (AvgIpc) is 3.21. The molecule has 1 aliphatic carbocycles. The molecule has 0 aliphatic heterocycles. The van der Waals surface area contributed by atoms with E-state index >= 15 is 0 Å². The minimum atomic E-state index is 0.252. The molecule has 5 heteroatoms. The number of carbonyl (C=O) groups excluding carboxylic acids is 1. The van der Waals surface area contributed by atoms with Gasteiger partial charge in [0.05, 0.1) is 17.6 Å². The lowest BCUT2D eigenvalue weighted by Crippen LogP contribution is -2.32. The molecular weight excluding hydrogens is 434 g/mol. The van der Waals surface area contributed by atoms with Crippen LogP contribution >= 0.6 is 0 Å². The third-order valence-corrected chi connectivity index (χ3v) is 7.08. The van der Waals surface area contributed by atoms with Crippen LogP contribution in [0, 0.1) is 19.8 Å². The number of unbranched alkanes of at least 4 members (excludes halogenated alkanes) is 2. The van der Waals surface area contributed by atoms with Gasteiger partial charge in [-0.15, -0.1) is 0 Å². The van der Waals surface area contributed by atoms with E-state index in [-0.39, 0.29) is 11.8 Å². The standard InChI is InChI=1S/C30H41N3O2/c1-23-20-24(2)22-26(21-23)35-19-11-18-33-28-15-9-8-14-27(28)32-29(33)16-7-4-10-17-31-30(34)25-12-5-3-6-13-25/h8-9,14-15,20-22,25H,3-7,10-13,16-19H2,1-2H3,(H,31,34). The normalized spacial score (nSPS) is 14.3. The Kier molecular flexibility index (Phi) is 9.21. The van der Waals surface area contributed by atoms with E-state index in [1.807, 2.05) is 0 Å². The summed E-state index contributed by atoms with van der Waals surface area (Å²) in [5.41, 5.74) is 4.74. The molecule has 1 aromatic heterocycles.